The van der Waals surface area contributed by atoms with Crippen LogP contribution in [0.5, 0.6) is 0 Å². The third-order valence-electron chi connectivity index (χ3n) is 4.78. The van der Waals surface area contributed by atoms with Crippen molar-refractivity contribution in [2.75, 3.05) is 26.2 Å². The van der Waals surface area contributed by atoms with Gasteiger partial charge in [-0.1, -0.05) is 6.07 Å². The van der Waals surface area contributed by atoms with Crippen LogP contribution in [-0.4, -0.2) is 59.9 Å². The number of carbonyl (C=O) groups is 2. The zero-order chi connectivity index (χ0) is 16.9. The first kappa shape index (κ1) is 16.9. The number of amides is 2. The van der Waals surface area contributed by atoms with Crippen LogP contribution in [0.15, 0.2) is 17.5 Å². The molecule has 2 aliphatic heterocycles. The van der Waals surface area contributed by atoms with Crippen molar-refractivity contribution in [3.63, 3.8) is 0 Å². The average molecular weight is 346 g/mol. The van der Waals surface area contributed by atoms with Crippen LogP contribution >= 0.6 is 11.3 Å². The summed E-state index contributed by atoms with van der Waals surface area (Å²) in [6, 6.07) is 5.63. The van der Waals surface area contributed by atoms with Gasteiger partial charge in [0.05, 0.1) is 17.5 Å². The number of nitriles is 1. The summed E-state index contributed by atoms with van der Waals surface area (Å²) in [6.07, 6.45) is 3.32. The van der Waals surface area contributed by atoms with E-state index in [0.29, 0.717) is 18.0 Å². The van der Waals surface area contributed by atoms with Crippen molar-refractivity contribution in [2.24, 2.45) is 0 Å². The normalized spacial score (nSPS) is 22.3. The first-order chi connectivity index (χ1) is 11.7. The molecule has 2 saturated heterocycles. The van der Waals surface area contributed by atoms with Crippen molar-refractivity contribution in [1.82, 2.24) is 15.1 Å². The topological polar surface area (TPSA) is 76.4 Å². The molecule has 2 fully saturated rings. The first-order valence-corrected chi connectivity index (χ1v) is 9.31. The molecule has 6 nitrogen and oxygen atoms in total. The van der Waals surface area contributed by atoms with E-state index >= 15 is 0 Å². The van der Waals surface area contributed by atoms with Gasteiger partial charge in [0.15, 0.2) is 0 Å². The van der Waals surface area contributed by atoms with Crippen LogP contribution in [0, 0.1) is 11.3 Å². The smallest absolute Gasteiger partial charge is 0.264 e. The van der Waals surface area contributed by atoms with Crippen LogP contribution in [0.1, 0.15) is 35.4 Å². The van der Waals surface area contributed by atoms with Gasteiger partial charge in [-0.3, -0.25) is 14.5 Å². The molecule has 3 heterocycles. The van der Waals surface area contributed by atoms with Crippen molar-refractivity contribution in [3.05, 3.63) is 22.4 Å². The molecule has 7 heteroatoms. The molecule has 1 aromatic rings. The maximum atomic E-state index is 12.6. The van der Waals surface area contributed by atoms with E-state index in [-0.39, 0.29) is 23.9 Å². The van der Waals surface area contributed by atoms with Gasteiger partial charge in [-0.15, -0.1) is 11.3 Å². The fraction of sp³-hybridized carbons (Fsp3) is 0.588. The van der Waals surface area contributed by atoms with Crippen molar-refractivity contribution in [2.45, 2.75) is 37.8 Å². The Kier molecular flexibility index (Phi) is 5.48. The second kappa shape index (κ2) is 7.77. The summed E-state index contributed by atoms with van der Waals surface area (Å²) in [5, 5.41) is 13.7. The van der Waals surface area contributed by atoms with E-state index < -0.39 is 0 Å². The van der Waals surface area contributed by atoms with E-state index in [1.165, 1.54) is 11.3 Å². The van der Waals surface area contributed by atoms with E-state index in [9.17, 15) is 9.59 Å². The quantitative estimate of drug-likeness (QED) is 0.838. The maximum Gasteiger partial charge on any atom is 0.264 e. The molecule has 1 N–H and O–H groups in total. The lowest BCUT2D eigenvalue weighted by Gasteiger charge is -2.32. The second-order valence-electron chi connectivity index (χ2n) is 6.35. The molecule has 0 radical (unpaired) electrons. The van der Waals surface area contributed by atoms with Crippen LogP contribution in [0.2, 0.25) is 0 Å². The summed E-state index contributed by atoms with van der Waals surface area (Å²) < 4.78 is 0. The Morgan fingerprint density at radius 2 is 2.08 bits per heavy atom. The molecule has 0 saturated carbocycles. The van der Waals surface area contributed by atoms with Crippen molar-refractivity contribution in [3.8, 4) is 6.07 Å². The van der Waals surface area contributed by atoms with Crippen LogP contribution in [-0.2, 0) is 4.79 Å². The minimum absolute atomic E-state index is 0.0314. The van der Waals surface area contributed by atoms with E-state index in [0.717, 1.165) is 38.8 Å². The van der Waals surface area contributed by atoms with Gasteiger partial charge in [-0.25, -0.2) is 0 Å². The predicted molar refractivity (Wildman–Crippen MR) is 91.6 cm³/mol. The van der Waals surface area contributed by atoms with Gasteiger partial charge in [-0.05, 0) is 37.1 Å². The van der Waals surface area contributed by atoms with Gasteiger partial charge in [-0.2, -0.15) is 5.26 Å². The van der Waals surface area contributed by atoms with Gasteiger partial charge < -0.3 is 10.2 Å². The van der Waals surface area contributed by atoms with Crippen LogP contribution < -0.4 is 5.32 Å². The molecule has 0 spiro atoms. The number of hydrogen-bond acceptors (Lipinski definition) is 5. The summed E-state index contributed by atoms with van der Waals surface area (Å²) in [5.74, 6) is -0.0670. The lowest BCUT2D eigenvalue weighted by molar-refractivity contribution is -0.125. The molecule has 128 valence electrons. The summed E-state index contributed by atoms with van der Waals surface area (Å²) >= 11 is 1.42. The Bertz CT molecular complexity index is 617. The summed E-state index contributed by atoms with van der Waals surface area (Å²) in [7, 11) is 0. The molecule has 0 aromatic carbocycles. The molecule has 2 amide bonds. The fourth-order valence-corrected chi connectivity index (χ4v) is 4.14. The van der Waals surface area contributed by atoms with E-state index in [1.54, 1.807) is 4.90 Å². The Morgan fingerprint density at radius 3 is 2.75 bits per heavy atom. The number of likely N-dealkylation sites (tertiary alicyclic amines) is 2. The highest BCUT2D eigenvalue weighted by molar-refractivity contribution is 7.12. The third-order valence-corrected chi connectivity index (χ3v) is 5.63. The highest BCUT2D eigenvalue weighted by Gasteiger charge is 2.35. The Balaban J connectivity index is 1.55. The zero-order valence-electron chi connectivity index (χ0n) is 13.6. The Labute approximate surface area is 146 Å². The number of carbonyl (C=O) groups excluding carboxylic acids is 2. The third kappa shape index (κ3) is 3.77. The van der Waals surface area contributed by atoms with Gasteiger partial charge in [0.1, 0.15) is 6.04 Å². The van der Waals surface area contributed by atoms with E-state index in [4.69, 9.17) is 5.26 Å². The number of nitrogens with zero attached hydrogens (tertiary/aromatic N) is 3. The second-order valence-corrected chi connectivity index (χ2v) is 7.30. The molecular weight excluding hydrogens is 324 g/mol. The number of piperidine rings is 1. The monoisotopic (exact) mass is 346 g/mol. The molecule has 1 atom stereocenters. The molecule has 2 aliphatic rings. The molecular formula is C17H22N4O2S. The Morgan fingerprint density at radius 1 is 1.29 bits per heavy atom. The van der Waals surface area contributed by atoms with Gasteiger partial charge >= 0.3 is 0 Å². The highest BCUT2D eigenvalue weighted by Crippen LogP contribution is 2.23. The Hall–Kier alpha value is -1.91. The number of nitrogens with one attached hydrogen (secondary N) is 1. The molecule has 1 aromatic heterocycles. The number of thiophene rings is 1. The summed E-state index contributed by atoms with van der Waals surface area (Å²) in [5.41, 5.74) is 0. The number of rotatable bonds is 4. The molecule has 24 heavy (non-hydrogen) atoms. The molecule has 0 unspecified atom stereocenters. The van der Waals surface area contributed by atoms with Crippen LogP contribution in [0.4, 0.5) is 0 Å². The van der Waals surface area contributed by atoms with Gasteiger partial charge in [0, 0.05) is 25.7 Å². The average Bonchev–Trinajstić information content (AvgIpc) is 3.28. The lowest BCUT2D eigenvalue weighted by atomic mass is 10.0. The van der Waals surface area contributed by atoms with Gasteiger partial charge in [0.25, 0.3) is 5.91 Å². The standard InChI is InChI=1S/C17H22N4O2S/c18-7-11-20-9-5-13(6-10-20)19-16(22)14-3-1-8-21(14)17(23)15-4-2-12-24-15/h2,4,12-14H,1,3,5-6,8-11H2,(H,19,22)/t14-/m0/s1. The summed E-state index contributed by atoms with van der Waals surface area (Å²) in [6.45, 7) is 2.77. The van der Waals surface area contributed by atoms with Crippen molar-refractivity contribution >= 4 is 23.2 Å². The van der Waals surface area contributed by atoms with Crippen LogP contribution in [0.25, 0.3) is 0 Å². The largest absolute Gasteiger partial charge is 0.351 e. The molecule has 3 rings (SSSR count). The number of hydrogen-bond donors (Lipinski definition) is 1. The molecule has 0 bridgehead atoms. The van der Waals surface area contributed by atoms with E-state index in [1.807, 2.05) is 17.5 Å². The minimum Gasteiger partial charge on any atom is -0.351 e. The zero-order valence-corrected chi connectivity index (χ0v) is 14.4. The predicted octanol–water partition coefficient (Wildman–Crippen LogP) is 1.46. The molecule has 0 aliphatic carbocycles. The van der Waals surface area contributed by atoms with Crippen molar-refractivity contribution in [1.29, 1.82) is 5.26 Å². The SMILES string of the molecule is N#CCN1CCC(NC(=O)[C@@H]2CCCN2C(=O)c2cccs2)CC1. The van der Waals surface area contributed by atoms with Crippen LogP contribution in [0.3, 0.4) is 0 Å². The first-order valence-electron chi connectivity index (χ1n) is 8.43. The lowest BCUT2D eigenvalue weighted by Crippen LogP contribution is -2.51. The maximum absolute atomic E-state index is 12.6. The minimum atomic E-state index is -0.350. The van der Waals surface area contributed by atoms with Gasteiger partial charge in [0.2, 0.25) is 5.91 Å². The highest BCUT2D eigenvalue weighted by atomic mass is 32.1. The van der Waals surface area contributed by atoms with Crippen molar-refractivity contribution < 1.29 is 9.59 Å². The fourth-order valence-electron chi connectivity index (χ4n) is 3.46. The van der Waals surface area contributed by atoms with E-state index in [2.05, 4.69) is 16.3 Å². The summed E-state index contributed by atoms with van der Waals surface area (Å²) in [4.78, 5) is 29.7.